The molecule has 0 fully saturated rings. The van der Waals surface area contributed by atoms with Crippen LogP contribution in [0.25, 0.3) is 0 Å². The first-order chi connectivity index (χ1) is 9.43. The highest BCUT2D eigenvalue weighted by Gasteiger charge is 2.06. The van der Waals surface area contributed by atoms with Gasteiger partial charge in [0.2, 0.25) is 5.91 Å². The zero-order valence-corrected chi connectivity index (χ0v) is 13.8. The molecule has 1 rings (SSSR count). The van der Waals surface area contributed by atoms with Gasteiger partial charge in [-0.3, -0.25) is 10.2 Å². The smallest absolute Gasteiger partial charge is 0.238 e. The summed E-state index contributed by atoms with van der Waals surface area (Å²) in [7, 11) is 1.86. The largest absolute Gasteiger partial charge is 0.289 e. The van der Waals surface area contributed by atoms with E-state index in [1.165, 1.54) is 10.5 Å². The summed E-state index contributed by atoms with van der Waals surface area (Å²) in [5.41, 5.74) is 5.07. The van der Waals surface area contributed by atoms with Crippen molar-refractivity contribution in [1.82, 2.24) is 10.4 Å². The first-order valence-corrected chi connectivity index (χ1v) is 7.81. The molecule has 20 heavy (non-hydrogen) atoms. The van der Waals surface area contributed by atoms with Crippen molar-refractivity contribution in [2.24, 2.45) is 0 Å². The summed E-state index contributed by atoms with van der Waals surface area (Å²) < 4.78 is 0. The lowest BCUT2D eigenvalue weighted by atomic mass is 10.2. The van der Waals surface area contributed by atoms with Gasteiger partial charge in [0.1, 0.15) is 0 Å². The molecule has 1 aromatic rings. The number of amides is 1. The Bertz CT molecular complexity index is 491. The van der Waals surface area contributed by atoms with Gasteiger partial charge in [-0.05, 0) is 37.1 Å². The van der Waals surface area contributed by atoms with Crippen molar-refractivity contribution in [3.63, 3.8) is 0 Å². The number of hydrogen-bond donors (Lipinski definition) is 1. The number of hydrazine groups is 1. The molecule has 110 valence electrons. The quantitative estimate of drug-likeness (QED) is 0.474. The zero-order chi connectivity index (χ0) is 15.1. The zero-order valence-electron chi connectivity index (χ0n) is 12.2. The van der Waals surface area contributed by atoms with Crippen LogP contribution in [0.4, 0.5) is 0 Å². The molecular formula is C15H21ClN2OS. The van der Waals surface area contributed by atoms with E-state index in [-0.39, 0.29) is 5.91 Å². The standard InChI is InChI=1S/C15H21ClN2OS/c1-5-6-15(19)17-18(4)7-8-20-14-10-11(2)13(16)9-12(14)3/h5,9-10H,1,6-8H2,2-4H3,(H,17,19). The molecule has 1 N–H and O–H groups in total. The third kappa shape index (κ3) is 5.57. The van der Waals surface area contributed by atoms with Crippen molar-refractivity contribution in [2.45, 2.75) is 25.2 Å². The number of carbonyl (C=O) groups is 1. The van der Waals surface area contributed by atoms with Gasteiger partial charge in [0.25, 0.3) is 0 Å². The van der Waals surface area contributed by atoms with Gasteiger partial charge in [0.05, 0.1) is 0 Å². The van der Waals surface area contributed by atoms with Crippen molar-refractivity contribution < 1.29 is 4.79 Å². The van der Waals surface area contributed by atoms with E-state index in [0.29, 0.717) is 6.42 Å². The lowest BCUT2D eigenvalue weighted by Gasteiger charge is -2.17. The summed E-state index contributed by atoms with van der Waals surface area (Å²) in [5, 5.41) is 2.61. The highest BCUT2D eigenvalue weighted by atomic mass is 35.5. The van der Waals surface area contributed by atoms with E-state index in [9.17, 15) is 4.79 Å². The molecule has 1 amide bonds. The predicted molar refractivity (Wildman–Crippen MR) is 87.2 cm³/mol. The van der Waals surface area contributed by atoms with Crippen molar-refractivity contribution >= 4 is 29.3 Å². The highest BCUT2D eigenvalue weighted by Crippen LogP contribution is 2.27. The Hall–Kier alpha value is -0.970. The molecular weight excluding hydrogens is 292 g/mol. The second-order valence-corrected chi connectivity index (χ2v) is 6.21. The van der Waals surface area contributed by atoms with Crippen molar-refractivity contribution in [2.75, 3.05) is 19.3 Å². The van der Waals surface area contributed by atoms with E-state index in [1.807, 2.05) is 20.0 Å². The van der Waals surface area contributed by atoms with Crippen LogP contribution in [0.1, 0.15) is 17.5 Å². The molecule has 0 heterocycles. The fraction of sp³-hybridized carbons (Fsp3) is 0.400. The normalized spacial score (nSPS) is 10.7. The van der Waals surface area contributed by atoms with Gasteiger partial charge in [-0.15, -0.1) is 18.3 Å². The maximum absolute atomic E-state index is 11.4. The molecule has 1 aromatic carbocycles. The first kappa shape index (κ1) is 17.1. The number of nitrogens with one attached hydrogen (secondary N) is 1. The second-order valence-electron chi connectivity index (χ2n) is 4.66. The molecule has 0 aliphatic rings. The maximum Gasteiger partial charge on any atom is 0.238 e. The van der Waals surface area contributed by atoms with Crippen molar-refractivity contribution in [3.8, 4) is 0 Å². The number of rotatable bonds is 7. The van der Waals surface area contributed by atoms with Gasteiger partial charge in [-0.1, -0.05) is 17.7 Å². The number of thioether (sulfide) groups is 1. The van der Waals surface area contributed by atoms with E-state index in [2.05, 4.69) is 25.0 Å². The summed E-state index contributed by atoms with van der Waals surface area (Å²) in [5.74, 6) is 0.860. The van der Waals surface area contributed by atoms with E-state index in [4.69, 9.17) is 11.6 Å². The summed E-state index contributed by atoms with van der Waals surface area (Å²) in [6.07, 6.45) is 1.94. The molecule has 0 atom stereocenters. The lowest BCUT2D eigenvalue weighted by molar-refractivity contribution is -0.124. The van der Waals surface area contributed by atoms with E-state index >= 15 is 0 Å². The second kappa shape index (κ2) is 8.35. The van der Waals surface area contributed by atoms with Crippen molar-refractivity contribution in [1.29, 1.82) is 0 Å². The number of halogens is 1. The number of carbonyl (C=O) groups excluding carboxylic acids is 1. The molecule has 0 unspecified atom stereocenters. The van der Waals surface area contributed by atoms with Crippen molar-refractivity contribution in [3.05, 3.63) is 40.9 Å². The average molecular weight is 313 g/mol. The average Bonchev–Trinajstić information content (AvgIpc) is 2.35. The van der Waals surface area contributed by atoms with Gasteiger partial charge in [0.15, 0.2) is 0 Å². The highest BCUT2D eigenvalue weighted by molar-refractivity contribution is 7.99. The number of hydrogen-bond acceptors (Lipinski definition) is 3. The van der Waals surface area contributed by atoms with Crippen LogP contribution in [0.2, 0.25) is 5.02 Å². The van der Waals surface area contributed by atoms with E-state index in [1.54, 1.807) is 22.8 Å². The van der Waals surface area contributed by atoms with Crippen LogP contribution in [0.3, 0.4) is 0 Å². The third-order valence-corrected chi connectivity index (χ3v) is 4.33. The lowest BCUT2D eigenvalue weighted by Crippen LogP contribution is -2.40. The maximum atomic E-state index is 11.4. The molecule has 0 saturated carbocycles. The SMILES string of the molecule is C=CCC(=O)NN(C)CCSc1cc(C)c(Cl)cc1C. The van der Waals surface area contributed by atoms with Crippen LogP contribution >= 0.6 is 23.4 Å². The van der Waals surface area contributed by atoms with E-state index < -0.39 is 0 Å². The fourth-order valence-electron chi connectivity index (χ4n) is 1.65. The summed E-state index contributed by atoms with van der Waals surface area (Å²) in [6, 6.07) is 4.10. The van der Waals surface area contributed by atoms with Gasteiger partial charge in [-0.2, -0.15) is 0 Å². The van der Waals surface area contributed by atoms with Crippen LogP contribution in [-0.2, 0) is 4.79 Å². The summed E-state index contributed by atoms with van der Waals surface area (Å²) in [6.45, 7) is 8.38. The van der Waals surface area contributed by atoms with Crippen LogP contribution < -0.4 is 5.43 Å². The number of benzene rings is 1. The molecule has 0 radical (unpaired) electrons. The molecule has 0 aromatic heterocycles. The Morgan fingerprint density at radius 1 is 1.45 bits per heavy atom. The van der Waals surface area contributed by atoms with Crippen LogP contribution in [0.15, 0.2) is 29.7 Å². The van der Waals surface area contributed by atoms with Gasteiger partial charge >= 0.3 is 0 Å². The summed E-state index contributed by atoms with van der Waals surface area (Å²) in [4.78, 5) is 12.6. The molecule has 0 saturated heterocycles. The fourth-order valence-corrected chi connectivity index (χ4v) is 3.00. The molecule has 0 aliphatic carbocycles. The molecule has 0 bridgehead atoms. The van der Waals surface area contributed by atoms with Gasteiger partial charge in [-0.25, -0.2) is 5.01 Å². The van der Waals surface area contributed by atoms with E-state index in [0.717, 1.165) is 22.9 Å². The Kier molecular flexibility index (Phi) is 7.13. The minimum Gasteiger partial charge on any atom is -0.289 e. The third-order valence-electron chi connectivity index (χ3n) is 2.79. The van der Waals surface area contributed by atoms with Crippen LogP contribution in [0, 0.1) is 13.8 Å². The minimum atomic E-state index is -0.0361. The number of aryl methyl sites for hydroxylation is 2. The van der Waals surface area contributed by atoms with Gasteiger partial charge < -0.3 is 0 Å². The minimum absolute atomic E-state index is 0.0361. The van der Waals surface area contributed by atoms with Crippen LogP contribution in [-0.4, -0.2) is 30.3 Å². The summed E-state index contributed by atoms with van der Waals surface area (Å²) >= 11 is 7.85. The predicted octanol–water partition coefficient (Wildman–Crippen LogP) is 3.59. The van der Waals surface area contributed by atoms with Crippen LogP contribution in [0.5, 0.6) is 0 Å². The molecule has 5 heteroatoms. The Morgan fingerprint density at radius 3 is 2.80 bits per heavy atom. The Morgan fingerprint density at radius 2 is 2.15 bits per heavy atom. The first-order valence-electron chi connectivity index (χ1n) is 6.45. The molecule has 0 aliphatic heterocycles. The molecule has 0 spiro atoms. The Balaban J connectivity index is 2.42. The monoisotopic (exact) mass is 312 g/mol. The topological polar surface area (TPSA) is 32.3 Å². The Labute approximate surface area is 130 Å². The number of nitrogens with zero attached hydrogens (tertiary/aromatic N) is 1. The van der Waals surface area contributed by atoms with Gasteiger partial charge in [0, 0.05) is 35.7 Å². The molecule has 3 nitrogen and oxygen atoms in total.